The molecule has 0 spiro atoms. The van der Waals surface area contributed by atoms with Gasteiger partial charge in [0.15, 0.2) is 12.4 Å². The molecule has 0 unspecified atom stereocenters. The molecule has 0 bridgehead atoms. The lowest BCUT2D eigenvalue weighted by Gasteiger charge is -2.14. The lowest BCUT2D eigenvalue weighted by Crippen LogP contribution is -2.22. The number of ketones is 1. The smallest absolute Gasteiger partial charge is 0.306 e. The van der Waals surface area contributed by atoms with Crippen LogP contribution in [0.25, 0.3) is 0 Å². The van der Waals surface area contributed by atoms with Crippen LogP contribution in [0.5, 0.6) is 0 Å². The Labute approximate surface area is 177 Å². The lowest BCUT2D eigenvalue weighted by atomic mass is 10.0. The van der Waals surface area contributed by atoms with Crippen LogP contribution in [0.1, 0.15) is 65.7 Å². The first-order chi connectivity index (χ1) is 14.5. The summed E-state index contributed by atoms with van der Waals surface area (Å²) in [6, 6.07) is 11.7. The van der Waals surface area contributed by atoms with Gasteiger partial charge in [-0.15, -0.1) is 0 Å². The lowest BCUT2D eigenvalue weighted by molar-refractivity contribution is -0.147. The second-order valence-electron chi connectivity index (χ2n) is 7.63. The number of rotatable bonds is 9. The maximum atomic E-state index is 12.4. The van der Waals surface area contributed by atoms with Gasteiger partial charge in [-0.25, -0.2) is 0 Å². The number of hydrogen-bond donors (Lipinski definition) is 1. The van der Waals surface area contributed by atoms with Crippen molar-refractivity contribution in [3.63, 3.8) is 0 Å². The molecule has 3 rings (SSSR count). The number of Topliss-reactive ketones (excluding diaryl/α,β-unsaturated/α-hetero) is 1. The first-order valence-electron chi connectivity index (χ1n) is 10.7. The van der Waals surface area contributed by atoms with Crippen LogP contribution in [0, 0.1) is 0 Å². The maximum Gasteiger partial charge on any atom is 0.306 e. The largest absolute Gasteiger partial charge is 0.456 e. The van der Waals surface area contributed by atoms with Crippen molar-refractivity contribution in [3.05, 3.63) is 64.2 Å². The van der Waals surface area contributed by atoms with Gasteiger partial charge in [0.1, 0.15) is 0 Å². The normalized spacial score (nSPS) is 12.3. The number of aryl methyl sites for hydroxylation is 4. The molecule has 0 aliphatic heterocycles. The number of carbonyl (C=O) groups excluding carboxylic acids is 3. The van der Waals surface area contributed by atoms with Crippen LogP contribution in [0.15, 0.2) is 36.4 Å². The molecule has 1 amide bonds. The minimum atomic E-state index is -0.542. The fraction of sp³-hybridized carbons (Fsp3) is 0.400. The van der Waals surface area contributed by atoms with E-state index in [1.165, 1.54) is 11.1 Å². The summed E-state index contributed by atoms with van der Waals surface area (Å²) in [5, 5.41) is 2.87. The summed E-state index contributed by atoms with van der Waals surface area (Å²) in [6.45, 7) is 3.71. The summed E-state index contributed by atoms with van der Waals surface area (Å²) in [6.07, 6.45) is 4.86. The van der Waals surface area contributed by atoms with Crippen molar-refractivity contribution in [1.82, 2.24) is 0 Å². The molecule has 1 N–H and O–H groups in total. The predicted molar refractivity (Wildman–Crippen MR) is 117 cm³/mol. The second-order valence-corrected chi connectivity index (χ2v) is 7.63. The van der Waals surface area contributed by atoms with Crippen molar-refractivity contribution in [1.29, 1.82) is 0 Å². The molecule has 5 heteroatoms. The summed E-state index contributed by atoms with van der Waals surface area (Å²) >= 11 is 0. The number of para-hydroxylation sites is 1. The third-order valence-corrected chi connectivity index (χ3v) is 5.60. The van der Waals surface area contributed by atoms with Crippen LogP contribution >= 0.6 is 0 Å². The fourth-order valence-corrected chi connectivity index (χ4v) is 3.90. The van der Waals surface area contributed by atoms with E-state index < -0.39 is 5.97 Å². The highest BCUT2D eigenvalue weighted by molar-refractivity contribution is 5.98. The van der Waals surface area contributed by atoms with E-state index >= 15 is 0 Å². The highest BCUT2D eigenvalue weighted by Gasteiger charge is 2.16. The number of ether oxygens (including phenoxy) is 1. The van der Waals surface area contributed by atoms with E-state index in [-0.39, 0.29) is 31.1 Å². The van der Waals surface area contributed by atoms with Crippen molar-refractivity contribution < 1.29 is 19.1 Å². The van der Waals surface area contributed by atoms with E-state index in [0.29, 0.717) is 5.56 Å². The Morgan fingerprint density at radius 1 is 0.933 bits per heavy atom. The van der Waals surface area contributed by atoms with E-state index in [1.807, 2.05) is 50.2 Å². The van der Waals surface area contributed by atoms with Crippen molar-refractivity contribution in [3.8, 4) is 0 Å². The Hall–Kier alpha value is -2.95. The fourth-order valence-electron chi connectivity index (χ4n) is 3.90. The van der Waals surface area contributed by atoms with Crippen molar-refractivity contribution in [2.75, 3.05) is 11.9 Å². The average molecular weight is 408 g/mol. The number of esters is 1. The van der Waals surface area contributed by atoms with Gasteiger partial charge < -0.3 is 10.1 Å². The molecule has 0 heterocycles. The molecule has 1 aliphatic carbocycles. The number of benzene rings is 2. The molecule has 2 aromatic carbocycles. The van der Waals surface area contributed by atoms with Crippen LogP contribution < -0.4 is 5.32 Å². The van der Waals surface area contributed by atoms with E-state index in [0.717, 1.165) is 48.9 Å². The molecule has 5 nitrogen and oxygen atoms in total. The number of hydrogen-bond acceptors (Lipinski definition) is 4. The Morgan fingerprint density at radius 2 is 1.63 bits per heavy atom. The molecule has 0 saturated carbocycles. The van der Waals surface area contributed by atoms with Crippen molar-refractivity contribution in [2.45, 2.75) is 58.8 Å². The van der Waals surface area contributed by atoms with Crippen LogP contribution in [0.4, 0.5) is 5.69 Å². The quantitative estimate of drug-likeness (QED) is 0.493. The standard InChI is InChI=1S/C25H29NO4/c1-3-17-7-5-8-18(4-2)25(17)26-23(28)16-30-24(29)14-13-22(27)21-12-11-19-9-6-10-20(19)15-21/h5,7-8,11-12,15H,3-4,6,9-10,13-14,16H2,1-2H3,(H,26,28). The molecular formula is C25H29NO4. The van der Waals surface area contributed by atoms with E-state index in [2.05, 4.69) is 5.32 Å². The third-order valence-electron chi connectivity index (χ3n) is 5.60. The van der Waals surface area contributed by atoms with Crippen LogP contribution in [-0.4, -0.2) is 24.3 Å². The molecule has 0 saturated heterocycles. The molecule has 30 heavy (non-hydrogen) atoms. The van der Waals surface area contributed by atoms with E-state index in [1.54, 1.807) is 0 Å². The van der Waals surface area contributed by atoms with Crippen molar-refractivity contribution >= 4 is 23.3 Å². The second kappa shape index (κ2) is 10.2. The van der Waals surface area contributed by atoms with Gasteiger partial charge in [-0.2, -0.15) is 0 Å². The number of nitrogens with one attached hydrogen (secondary N) is 1. The molecule has 0 aromatic heterocycles. The number of carbonyl (C=O) groups is 3. The number of amides is 1. The Morgan fingerprint density at radius 3 is 2.33 bits per heavy atom. The van der Waals surface area contributed by atoms with Crippen LogP contribution in [-0.2, 0) is 40.0 Å². The zero-order valence-corrected chi connectivity index (χ0v) is 17.8. The minimum absolute atomic E-state index is 0.0328. The Kier molecular flexibility index (Phi) is 7.39. The highest BCUT2D eigenvalue weighted by atomic mass is 16.5. The minimum Gasteiger partial charge on any atom is -0.456 e. The van der Waals surface area contributed by atoms with E-state index in [9.17, 15) is 14.4 Å². The zero-order chi connectivity index (χ0) is 21.5. The number of anilines is 1. The Balaban J connectivity index is 1.47. The molecule has 2 aromatic rings. The predicted octanol–water partition coefficient (Wildman–Crippen LogP) is 4.44. The van der Waals surface area contributed by atoms with Gasteiger partial charge in [0.25, 0.3) is 5.91 Å². The van der Waals surface area contributed by atoms with Gasteiger partial charge in [0.2, 0.25) is 0 Å². The highest BCUT2D eigenvalue weighted by Crippen LogP contribution is 2.24. The van der Waals surface area contributed by atoms with Gasteiger partial charge in [0, 0.05) is 17.7 Å². The molecule has 1 aliphatic rings. The van der Waals surface area contributed by atoms with Crippen molar-refractivity contribution in [2.24, 2.45) is 0 Å². The van der Waals surface area contributed by atoms with E-state index in [4.69, 9.17) is 4.74 Å². The van der Waals surface area contributed by atoms with Gasteiger partial charge in [-0.1, -0.05) is 44.2 Å². The average Bonchev–Trinajstić information content (AvgIpc) is 3.24. The maximum absolute atomic E-state index is 12.4. The van der Waals surface area contributed by atoms with Gasteiger partial charge >= 0.3 is 5.97 Å². The summed E-state index contributed by atoms with van der Waals surface area (Å²) in [7, 11) is 0. The molecular weight excluding hydrogens is 378 g/mol. The summed E-state index contributed by atoms with van der Waals surface area (Å²) in [4.78, 5) is 36.7. The van der Waals surface area contributed by atoms with Crippen LogP contribution in [0.3, 0.4) is 0 Å². The summed E-state index contributed by atoms with van der Waals surface area (Å²) < 4.78 is 5.08. The zero-order valence-electron chi connectivity index (χ0n) is 17.8. The first kappa shape index (κ1) is 21.8. The molecule has 0 atom stereocenters. The third kappa shape index (κ3) is 5.35. The molecule has 0 radical (unpaired) electrons. The molecule has 158 valence electrons. The topological polar surface area (TPSA) is 72.5 Å². The van der Waals surface area contributed by atoms with Gasteiger partial charge in [0.05, 0.1) is 6.42 Å². The monoisotopic (exact) mass is 407 g/mol. The van der Waals surface area contributed by atoms with Gasteiger partial charge in [-0.3, -0.25) is 14.4 Å². The summed E-state index contributed by atoms with van der Waals surface area (Å²) in [5.74, 6) is -0.987. The SMILES string of the molecule is CCc1cccc(CC)c1NC(=O)COC(=O)CCC(=O)c1ccc2c(c1)CCC2. The Bertz CT molecular complexity index is 926. The van der Waals surface area contributed by atoms with Gasteiger partial charge in [-0.05, 0) is 60.4 Å². The van der Waals surface area contributed by atoms with Crippen LogP contribution in [0.2, 0.25) is 0 Å². The first-order valence-corrected chi connectivity index (χ1v) is 10.7. The summed E-state index contributed by atoms with van der Waals surface area (Å²) in [5.41, 5.74) is 6.09. The number of fused-ring (bicyclic) bond motifs is 1. The molecule has 0 fully saturated rings.